The Bertz CT molecular complexity index is 266. The Hall–Kier alpha value is -0.0800. The fourth-order valence-electron chi connectivity index (χ4n) is 4.17. The van der Waals surface area contributed by atoms with Crippen LogP contribution in [0.25, 0.3) is 0 Å². The molecule has 1 saturated heterocycles. The molecule has 1 aliphatic carbocycles. The monoisotopic (exact) mass is 266 g/mol. The average molecular weight is 266 g/mol. The molecule has 2 rings (SSSR count). The lowest BCUT2D eigenvalue weighted by Crippen LogP contribution is -2.50. The highest BCUT2D eigenvalue weighted by Crippen LogP contribution is 2.30. The number of nitrogens with one attached hydrogen (secondary N) is 1. The SMILES string of the molecule is CCN1CCCC(C(C)NC2CCC(C)CC2C)C1. The molecule has 1 heterocycles. The van der Waals surface area contributed by atoms with Gasteiger partial charge in [-0.1, -0.05) is 20.8 Å². The molecule has 2 heteroatoms. The molecule has 2 nitrogen and oxygen atoms in total. The van der Waals surface area contributed by atoms with Crippen LogP contribution in [0.2, 0.25) is 0 Å². The molecule has 112 valence electrons. The molecule has 0 bridgehead atoms. The Balaban J connectivity index is 1.81. The summed E-state index contributed by atoms with van der Waals surface area (Å²) in [5, 5.41) is 3.98. The molecular weight excluding hydrogens is 232 g/mol. The van der Waals surface area contributed by atoms with Crippen LogP contribution in [0.1, 0.15) is 59.8 Å². The van der Waals surface area contributed by atoms with E-state index in [0.717, 1.165) is 23.8 Å². The minimum Gasteiger partial charge on any atom is -0.311 e. The van der Waals surface area contributed by atoms with Crippen LogP contribution in [0.4, 0.5) is 0 Å². The number of likely N-dealkylation sites (tertiary alicyclic amines) is 1. The zero-order valence-electron chi connectivity index (χ0n) is 13.5. The van der Waals surface area contributed by atoms with Gasteiger partial charge in [0.25, 0.3) is 0 Å². The molecule has 1 saturated carbocycles. The predicted octanol–water partition coefficient (Wildman–Crippen LogP) is 3.52. The Morgan fingerprint density at radius 1 is 1.21 bits per heavy atom. The van der Waals surface area contributed by atoms with E-state index in [9.17, 15) is 0 Å². The topological polar surface area (TPSA) is 15.3 Å². The summed E-state index contributed by atoms with van der Waals surface area (Å²) in [5.74, 6) is 2.66. The molecule has 0 aromatic carbocycles. The van der Waals surface area contributed by atoms with Crippen molar-refractivity contribution in [2.24, 2.45) is 17.8 Å². The summed E-state index contributed by atoms with van der Waals surface area (Å²) in [6.07, 6.45) is 7.03. The predicted molar refractivity (Wildman–Crippen MR) is 83.4 cm³/mol. The van der Waals surface area contributed by atoms with Crippen LogP contribution in [0.15, 0.2) is 0 Å². The number of rotatable bonds is 4. The molecule has 0 spiro atoms. The van der Waals surface area contributed by atoms with Crippen molar-refractivity contribution in [2.75, 3.05) is 19.6 Å². The Morgan fingerprint density at radius 3 is 2.68 bits per heavy atom. The van der Waals surface area contributed by atoms with E-state index in [1.165, 1.54) is 51.7 Å². The van der Waals surface area contributed by atoms with E-state index >= 15 is 0 Å². The summed E-state index contributed by atoms with van der Waals surface area (Å²) >= 11 is 0. The quantitative estimate of drug-likeness (QED) is 0.837. The van der Waals surface area contributed by atoms with Crippen molar-refractivity contribution in [2.45, 2.75) is 71.9 Å². The minimum atomic E-state index is 0.690. The molecule has 5 unspecified atom stereocenters. The van der Waals surface area contributed by atoms with Gasteiger partial charge in [-0.15, -0.1) is 0 Å². The summed E-state index contributed by atoms with van der Waals surface area (Å²) in [4.78, 5) is 2.62. The van der Waals surface area contributed by atoms with Gasteiger partial charge in [-0.05, 0) is 69.9 Å². The average Bonchev–Trinajstić information content (AvgIpc) is 2.42. The molecule has 5 atom stereocenters. The van der Waals surface area contributed by atoms with E-state index < -0.39 is 0 Å². The first kappa shape index (κ1) is 15.3. The van der Waals surface area contributed by atoms with Gasteiger partial charge < -0.3 is 10.2 Å². The van der Waals surface area contributed by atoms with E-state index in [1.807, 2.05) is 0 Å². The summed E-state index contributed by atoms with van der Waals surface area (Å²) < 4.78 is 0. The highest BCUT2D eigenvalue weighted by atomic mass is 15.1. The molecule has 0 aromatic rings. The van der Waals surface area contributed by atoms with Crippen molar-refractivity contribution in [3.05, 3.63) is 0 Å². The van der Waals surface area contributed by atoms with Crippen LogP contribution in [0.3, 0.4) is 0 Å². The zero-order valence-corrected chi connectivity index (χ0v) is 13.5. The highest BCUT2D eigenvalue weighted by molar-refractivity contribution is 4.87. The number of hydrogen-bond donors (Lipinski definition) is 1. The fraction of sp³-hybridized carbons (Fsp3) is 1.00. The van der Waals surface area contributed by atoms with E-state index in [4.69, 9.17) is 0 Å². The van der Waals surface area contributed by atoms with Crippen LogP contribution in [-0.4, -0.2) is 36.6 Å². The summed E-state index contributed by atoms with van der Waals surface area (Å²) in [7, 11) is 0. The Morgan fingerprint density at radius 2 is 2.00 bits per heavy atom. The van der Waals surface area contributed by atoms with Crippen molar-refractivity contribution in [1.82, 2.24) is 10.2 Å². The smallest absolute Gasteiger partial charge is 0.00954 e. The third-order valence-corrected chi connectivity index (χ3v) is 5.60. The molecule has 1 N–H and O–H groups in total. The number of nitrogens with zero attached hydrogens (tertiary/aromatic N) is 1. The molecule has 2 fully saturated rings. The van der Waals surface area contributed by atoms with Gasteiger partial charge in [0, 0.05) is 18.6 Å². The molecular formula is C17H34N2. The fourth-order valence-corrected chi connectivity index (χ4v) is 4.17. The van der Waals surface area contributed by atoms with E-state index in [2.05, 4.69) is 37.9 Å². The van der Waals surface area contributed by atoms with Gasteiger partial charge in [-0.25, -0.2) is 0 Å². The van der Waals surface area contributed by atoms with Gasteiger partial charge >= 0.3 is 0 Å². The maximum Gasteiger partial charge on any atom is 0.00954 e. The van der Waals surface area contributed by atoms with Crippen molar-refractivity contribution in [3.63, 3.8) is 0 Å². The van der Waals surface area contributed by atoms with Gasteiger partial charge in [0.2, 0.25) is 0 Å². The second kappa shape index (κ2) is 7.08. The van der Waals surface area contributed by atoms with Crippen LogP contribution in [0.5, 0.6) is 0 Å². The largest absolute Gasteiger partial charge is 0.311 e. The first-order chi connectivity index (χ1) is 9.10. The van der Waals surface area contributed by atoms with Crippen LogP contribution in [-0.2, 0) is 0 Å². The standard InChI is InChI=1S/C17H34N2/c1-5-19-10-6-7-16(12-19)15(4)18-17-9-8-13(2)11-14(17)3/h13-18H,5-12H2,1-4H3. The maximum atomic E-state index is 3.98. The second-order valence-corrected chi connectivity index (χ2v) is 7.25. The van der Waals surface area contributed by atoms with Gasteiger partial charge in [-0.2, -0.15) is 0 Å². The maximum absolute atomic E-state index is 3.98. The van der Waals surface area contributed by atoms with E-state index in [1.54, 1.807) is 0 Å². The summed E-state index contributed by atoms with van der Waals surface area (Å²) in [6.45, 7) is 13.4. The zero-order chi connectivity index (χ0) is 13.8. The first-order valence-corrected chi connectivity index (χ1v) is 8.58. The van der Waals surface area contributed by atoms with E-state index in [-0.39, 0.29) is 0 Å². The minimum absolute atomic E-state index is 0.690. The number of hydrogen-bond acceptors (Lipinski definition) is 2. The van der Waals surface area contributed by atoms with E-state index in [0.29, 0.717) is 6.04 Å². The Kier molecular flexibility index (Phi) is 5.70. The van der Waals surface area contributed by atoms with Crippen LogP contribution in [0, 0.1) is 17.8 Å². The van der Waals surface area contributed by atoms with Gasteiger partial charge in [0.1, 0.15) is 0 Å². The summed E-state index contributed by atoms with van der Waals surface area (Å²) in [6, 6.07) is 1.46. The third kappa shape index (κ3) is 4.19. The lowest BCUT2D eigenvalue weighted by molar-refractivity contribution is 0.135. The van der Waals surface area contributed by atoms with Crippen LogP contribution < -0.4 is 5.32 Å². The molecule has 0 aromatic heterocycles. The third-order valence-electron chi connectivity index (χ3n) is 5.60. The van der Waals surface area contributed by atoms with Gasteiger partial charge in [0.05, 0.1) is 0 Å². The second-order valence-electron chi connectivity index (χ2n) is 7.25. The Labute approximate surface area is 120 Å². The van der Waals surface area contributed by atoms with Crippen molar-refractivity contribution >= 4 is 0 Å². The van der Waals surface area contributed by atoms with Crippen molar-refractivity contribution in [3.8, 4) is 0 Å². The lowest BCUT2D eigenvalue weighted by atomic mass is 9.79. The lowest BCUT2D eigenvalue weighted by Gasteiger charge is -2.40. The van der Waals surface area contributed by atoms with Gasteiger partial charge in [0.15, 0.2) is 0 Å². The van der Waals surface area contributed by atoms with Crippen molar-refractivity contribution < 1.29 is 0 Å². The molecule has 1 aliphatic heterocycles. The van der Waals surface area contributed by atoms with Crippen molar-refractivity contribution in [1.29, 1.82) is 0 Å². The highest BCUT2D eigenvalue weighted by Gasteiger charge is 2.29. The molecule has 0 radical (unpaired) electrons. The molecule has 0 amide bonds. The molecule has 2 aliphatic rings. The summed E-state index contributed by atoms with van der Waals surface area (Å²) in [5.41, 5.74) is 0. The first-order valence-electron chi connectivity index (χ1n) is 8.58. The molecule has 19 heavy (non-hydrogen) atoms. The number of piperidine rings is 1. The van der Waals surface area contributed by atoms with Crippen LogP contribution >= 0.6 is 0 Å². The normalized spacial score (nSPS) is 39.2. The van der Waals surface area contributed by atoms with Gasteiger partial charge in [-0.3, -0.25) is 0 Å².